The first-order valence-corrected chi connectivity index (χ1v) is 10.7. The monoisotopic (exact) mass is 428 g/mol. The minimum absolute atomic E-state index is 0.0786. The number of allylic oxidation sites excluding steroid dienone is 2. The average Bonchev–Trinajstić information content (AvgIpc) is 3.13. The van der Waals surface area contributed by atoms with Gasteiger partial charge in [0.05, 0.1) is 29.0 Å². The Kier molecular flexibility index (Phi) is 5.00. The fourth-order valence-electron chi connectivity index (χ4n) is 4.98. The molecule has 0 saturated heterocycles. The lowest BCUT2D eigenvalue weighted by molar-refractivity contribution is -0.172. The van der Waals surface area contributed by atoms with Crippen LogP contribution < -0.4 is 5.56 Å². The van der Waals surface area contributed by atoms with E-state index in [4.69, 9.17) is 4.74 Å². The van der Waals surface area contributed by atoms with Gasteiger partial charge in [-0.1, -0.05) is 26.5 Å². The molecule has 31 heavy (non-hydrogen) atoms. The molecular formula is C24H29FN2O4. The fraction of sp³-hybridized carbons (Fsp3) is 0.500. The second-order valence-corrected chi connectivity index (χ2v) is 8.98. The number of hydrogen-bond acceptors (Lipinski definition) is 5. The van der Waals surface area contributed by atoms with Gasteiger partial charge in [-0.05, 0) is 44.2 Å². The number of pyridine rings is 1. The number of cyclic esters (lactones) is 1. The summed E-state index contributed by atoms with van der Waals surface area (Å²) in [5, 5.41) is 11.1. The maximum absolute atomic E-state index is 14.7. The number of carbonyl (C=O) groups excluding carboxylic acids is 1. The van der Waals surface area contributed by atoms with E-state index in [1.165, 1.54) is 0 Å². The van der Waals surface area contributed by atoms with Gasteiger partial charge < -0.3 is 19.3 Å². The number of likely N-dealkylation sites (N-methyl/N-ethyl adjacent to an activating group) is 1. The zero-order valence-corrected chi connectivity index (χ0v) is 18.4. The molecule has 3 aliphatic heterocycles. The molecule has 0 amide bonds. The van der Waals surface area contributed by atoms with Crippen molar-refractivity contribution in [3.8, 4) is 0 Å². The molecule has 0 bridgehead atoms. The standard InChI is InChI=1S/C24H29FN2O4/c1-6-24(30)18-11-19-20-16(12-27(19)21(28)17(18)13-31-22(24)29)14(2)9-7-8-10-23(4,15(3)25)26(20)5/h11,30H,2-3,6-10,12-13H2,1,4-5H3/t23?,24-/m0/s1. The van der Waals surface area contributed by atoms with E-state index in [-0.39, 0.29) is 29.7 Å². The molecule has 3 aliphatic rings. The number of esters is 1. The van der Waals surface area contributed by atoms with Crippen LogP contribution in [0.1, 0.15) is 62.8 Å². The number of aromatic nitrogens is 1. The van der Waals surface area contributed by atoms with Gasteiger partial charge in [-0.2, -0.15) is 0 Å². The highest BCUT2D eigenvalue weighted by Gasteiger charge is 2.46. The molecule has 4 heterocycles. The molecule has 7 heteroatoms. The lowest BCUT2D eigenvalue weighted by Crippen LogP contribution is -2.45. The molecule has 0 radical (unpaired) electrons. The van der Waals surface area contributed by atoms with Crippen LogP contribution in [0, 0.1) is 0 Å². The fourth-order valence-corrected chi connectivity index (χ4v) is 4.98. The van der Waals surface area contributed by atoms with E-state index in [0.717, 1.165) is 30.4 Å². The number of fused-ring (bicyclic) bond motifs is 3. The van der Waals surface area contributed by atoms with E-state index in [1.54, 1.807) is 24.6 Å². The van der Waals surface area contributed by atoms with Crippen LogP contribution in [0.25, 0.3) is 5.70 Å². The van der Waals surface area contributed by atoms with Crippen LogP contribution in [-0.2, 0) is 28.3 Å². The van der Waals surface area contributed by atoms with Crippen molar-refractivity contribution >= 4 is 11.7 Å². The third-order valence-corrected chi connectivity index (χ3v) is 7.37. The summed E-state index contributed by atoms with van der Waals surface area (Å²) in [5.41, 5.74) is 0.460. The van der Waals surface area contributed by atoms with Gasteiger partial charge in [0.25, 0.3) is 5.56 Å². The minimum atomic E-state index is -1.88. The molecule has 1 aromatic heterocycles. The lowest BCUT2D eigenvalue weighted by atomic mass is 9.85. The van der Waals surface area contributed by atoms with Crippen LogP contribution in [0.15, 0.2) is 41.0 Å². The number of nitrogens with zero attached hydrogens (tertiary/aromatic N) is 2. The zero-order valence-electron chi connectivity index (χ0n) is 18.4. The summed E-state index contributed by atoms with van der Waals surface area (Å²) in [6.07, 6.45) is 3.09. The van der Waals surface area contributed by atoms with E-state index in [9.17, 15) is 19.1 Å². The number of aliphatic hydroxyl groups is 1. The molecule has 1 N–H and O–H groups in total. The maximum atomic E-state index is 14.7. The normalized spacial score (nSPS) is 28.2. The Labute approximate surface area is 181 Å². The third-order valence-electron chi connectivity index (χ3n) is 7.37. The molecule has 0 aromatic carbocycles. The van der Waals surface area contributed by atoms with Crippen LogP contribution in [0.2, 0.25) is 0 Å². The SMILES string of the molecule is C=C1CCCCC(C)(C(=C)F)N(C)C2=C1Cn1c2cc2c(c1=O)COC(=O)[C@]2(O)CC. The van der Waals surface area contributed by atoms with Crippen molar-refractivity contribution in [2.24, 2.45) is 0 Å². The van der Waals surface area contributed by atoms with Gasteiger partial charge in [-0.25, -0.2) is 9.18 Å². The van der Waals surface area contributed by atoms with Crippen molar-refractivity contribution in [3.05, 3.63) is 63.4 Å². The predicted octanol–water partition coefficient (Wildman–Crippen LogP) is 3.53. The van der Waals surface area contributed by atoms with Crippen LogP contribution >= 0.6 is 0 Å². The Bertz CT molecular complexity index is 1100. The van der Waals surface area contributed by atoms with Crippen molar-refractivity contribution in [2.45, 2.75) is 70.2 Å². The number of carbonyl (C=O) groups is 1. The van der Waals surface area contributed by atoms with Gasteiger partial charge in [0.1, 0.15) is 12.4 Å². The summed E-state index contributed by atoms with van der Waals surface area (Å²) in [4.78, 5) is 27.6. The lowest BCUT2D eigenvalue weighted by Gasteiger charge is -2.40. The highest BCUT2D eigenvalue weighted by atomic mass is 19.1. The van der Waals surface area contributed by atoms with Crippen molar-refractivity contribution in [2.75, 3.05) is 7.05 Å². The van der Waals surface area contributed by atoms with Crippen molar-refractivity contribution in [3.63, 3.8) is 0 Å². The minimum Gasteiger partial charge on any atom is -0.458 e. The van der Waals surface area contributed by atoms with Crippen molar-refractivity contribution in [1.29, 1.82) is 0 Å². The Morgan fingerprint density at radius 3 is 2.71 bits per heavy atom. The van der Waals surface area contributed by atoms with Gasteiger partial charge in [0.15, 0.2) is 5.60 Å². The smallest absolute Gasteiger partial charge is 0.343 e. The van der Waals surface area contributed by atoms with Gasteiger partial charge in [0, 0.05) is 18.2 Å². The summed E-state index contributed by atoms with van der Waals surface area (Å²) in [7, 11) is 1.80. The molecule has 2 atom stereocenters. The topological polar surface area (TPSA) is 71.8 Å². The Morgan fingerprint density at radius 2 is 2.06 bits per heavy atom. The van der Waals surface area contributed by atoms with Crippen LogP contribution in [-0.4, -0.2) is 33.1 Å². The molecule has 0 saturated carbocycles. The zero-order chi connectivity index (χ0) is 22.7. The molecule has 6 nitrogen and oxygen atoms in total. The molecule has 1 aromatic rings. The van der Waals surface area contributed by atoms with Gasteiger partial charge >= 0.3 is 5.97 Å². The maximum Gasteiger partial charge on any atom is 0.343 e. The van der Waals surface area contributed by atoms with Crippen LogP contribution in [0.3, 0.4) is 0 Å². The molecule has 0 aliphatic carbocycles. The first kappa shape index (κ1) is 21.6. The average molecular weight is 429 g/mol. The third kappa shape index (κ3) is 2.93. The van der Waals surface area contributed by atoms with E-state index in [0.29, 0.717) is 24.4 Å². The summed E-state index contributed by atoms with van der Waals surface area (Å²) in [6, 6.07) is 1.70. The summed E-state index contributed by atoms with van der Waals surface area (Å²) in [6.45, 7) is 11.5. The molecule has 4 rings (SSSR count). The highest BCUT2D eigenvalue weighted by Crippen LogP contribution is 2.44. The molecule has 0 spiro atoms. The second kappa shape index (κ2) is 7.19. The van der Waals surface area contributed by atoms with Gasteiger partial charge in [-0.15, -0.1) is 0 Å². The molecule has 166 valence electrons. The van der Waals surface area contributed by atoms with E-state index >= 15 is 0 Å². The first-order valence-electron chi connectivity index (χ1n) is 10.7. The number of rotatable bonds is 2. The number of ether oxygens (including phenoxy) is 1. The van der Waals surface area contributed by atoms with E-state index < -0.39 is 22.9 Å². The first-order chi connectivity index (χ1) is 14.6. The Balaban J connectivity index is 1.99. The predicted molar refractivity (Wildman–Crippen MR) is 116 cm³/mol. The van der Waals surface area contributed by atoms with E-state index in [2.05, 4.69) is 13.2 Å². The quantitative estimate of drug-likeness (QED) is 0.730. The summed E-state index contributed by atoms with van der Waals surface area (Å²) in [5.74, 6) is -1.20. The molecule has 1 unspecified atom stereocenters. The summed E-state index contributed by atoms with van der Waals surface area (Å²) >= 11 is 0. The largest absolute Gasteiger partial charge is 0.458 e. The summed E-state index contributed by atoms with van der Waals surface area (Å²) < 4.78 is 21.5. The van der Waals surface area contributed by atoms with Crippen LogP contribution in [0.4, 0.5) is 4.39 Å². The van der Waals surface area contributed by atoms with Crippen molar-refractivity contribution < 1.29 is 19.0 Å². The highest BCUT2D eigenvalue weighted by molar-refractivity contribution is 5.84. The Morgan fingerprint density at radius 1 is 1.35 bits per heavy atom. The van der Waals surface area contributed by atoms with Gasteiger partial charge in [-0.3, -0.25) is 4.79 Å². The number of hydrogen-bond donors (Lipinski definition) is 1. The molecular weight excluding hydrogens is 399 g/mol. The number of halogens is 1. The van der Waals surface area contributed by atoms with Crippen LogP contribution in [0.5, 0.6) is 0 Å². The van der Waals surface area contributed by atoms with E-state index in [1.807, 2.05) is 11.8 Å². The second-order valence-electron chi connectivity index (χ2n) is 8.98. The van der Waals surface area contributed by atoms with Crippen molar-refractivity contribution in [1.82, 2.24) is 9.47 Å². The Hall–Kier alpha value is -2.67. The molecule has 0 fully saturated rings. The van der Waals surface area contributed by atoms with Gasteiger partial charge in [0.2, 0.25) is 0 Å².